The van der Waals surface area contributed by atoms with Crippen LogP contribution in [0, 0.1) is 6.92 Å². The molecular formula is C12H14ClN5O. The number of carbonyl (C=O) groups is 1. The van der Waals surface area contributed by atoms with Gasteiger partial charge in [0.1, 0.15) is 12.2 Å². The Hall–Kier alpha value is -2.08. The van der Waals surface area contributed by atoms with E-state index in [1.54, 1.807) is 12.1 Å². The number of urea groups is 1. The highest BCUT2D eigenvalue weighted by Crippen LogP contribution is 2.19. The Kier molecular flexibility index (Phi) is 4.01. The third kappa shape index (κ3) is 3.45. The average molecular weight is 280 g/mol. The topological polar surface area (TPSA) is 82.7 Å². The van der Waals surface area contributed by atoms with Crippen LogP contribution < -0.4 is 10.6 Å². The minimum absolute atomic E-state index is 0.261. The van der Waals surface area contributed by atoms with E-state index < -0.39 is 0 Å². The fraction of sp³-hybridized carbons (Fsp3) is 0.250. The van der Waals surface area contributed by atoms with Crippen molar-refractivity contribution in [1.82, 2.24) is 20.5 Å². The lowest BCUT2D eigenvalue weighted by molar-refractivity contribution is 0.249. The molecule has 1 atom stereocenters. The molecule has 3 N–H and O–H groups in total. The maximum Gasteiger partial charge on any atom is 0.319 e. The van der Waals surface area contributed by atoms with Crippen LogP contribution in [0.4, 0.5) is 10.5 Å². The van der Waals surface area contributed by atoms with E-state index in [0.717, 1.165) is 5.56 Å². The van der Waals surface area contributed by atoms with Crippen molar-refractivity contribution in [1.29, 1.82) is 0 Å². The number of carbonyl (C=O) groups excluding carboxylic acids is 1. The number of aromatic amines is 1. The molecule has 19 heavy (non-hydrogen) atoms. The van der Waals surface area contributed by atoms with Gasteiger partial charge in [0.2, 0.25) is 0 Å². The SMILES string of the molecule is Cc1ccc(NC(=O)NC(C)c2ncn[nH]2)cc1Cl. The zero-order valence-corrected chi connectivity index (χ0v) is 11.3. The number of anilines is 1. The third-order valence-electron chi connectivity index (χ3n) is 2.62. The van der Waals surface area contributed by atoms with Gasteiger partial charge in [-0.25, -0.2) is 9.78 Å². The van der Waals surface area contributed by atoms with Crippen molar-refractivity contribution in [3.05, 3.63) is 40.9 Å². The zero-order valence-electron chi connectivity index (χ0n) is 10.6. The van der Waals surface area contributed by atoms with Gasteiger partial charge >= 0.3 is 6.03 Å². The minimum Gasteiger partial charge on any atom is -0.328 e. The van der Waals surface area contributed by atoms with Crippen molar-refractivity contribution in [3.8, 4) is 0 Å². The van der Waals surface area contributed by atoms with Gasteiger partial charge in [-0.1, -0.05) is 17.7 Å². The van der Waals surface area contributed by atoms with Crippen LogP contribution in [0.2, 0.25) is 5.02 Å². The van der Waals surface area contributed by atoms with Crippen LogP contribution in [-0.4, -0.2) is 21.2 Å². The van der Waals surface area contributed by atoms with Gasteiger partial charge in [0.25, 0.3) is 0 Å². The van der Waals surface area contributed by atoms with Gasteiger partial charge in [-0.05, 0) is 31.5 Å². The first kappa shape index (κ1) is 13.4. The Balaban J connectivity index is 1.95. The van der Waals surface area contributed by atoms with Crippen LogP contribution in [0.3, 0.4) is 0 Å². The quantitative estimate of drug-likeness (QED) is 0.808. The Bertz CT molecular complexity index is 570. The van der Waals surface area contributed by atoms with Crippen molar-refractivity contribution in [3.63, 3.8) is 0 Å². The van der Waals surface area contributed by atoms with E-state index in [1.807, 2.05) is 19.9 Å². The molecule has 0 saturated carbocycles. The Labute approximate surface area is 115 Å². The second-order valence-electron chi connectivity index (χ2n) is 4.15. The number of hydrogen-bond acceptors (Lipinski definition) is 3. The van der Waals surface area contributed by atoms with Crippen LogP contribution in [0.15, 0.2) is 24.5 Å². The summed E-state index contributed by atoms with van der Waals surface area (Å²) in [4.78, 5) is 15.8. The second-order valence-corrected chi connectivity index (χ2v) is 4.56. The largest absolute Gasteiger partial charge is 0.328 e. The molecule has 2 aromatic rings. The summed E-state index contributed by atoms with van der Waals surface area (Å²) in [6.45, 7) is 3.71. The Morgan fingerprint density at radius 3 is 2.89 bits per heavy atom. The number of aryl methyl sites for hydroxylation is 1. The number of rotatable bonds is 3. The smallest absolute Gasteiger partial charge is 0.319 e. The maximum absolute atomic E-state index is 11.8. The number of nitrogens with one attached hydrogen (secondary N) is 3. The Morgan fingerprint density at radius 2 is 2.26 bits per heavy atom. The van der Waals surface area contributed by atoms with Gasteiger partial charge in [-0.2, -0.15) is 5.10 Å². The van der Waals surface area contributed by atoms with E-state index in [4.69, 9.17) is 11.6 Å². The molecule has 0 aliphatic carbocycles. The fourth-order valence-electron chi connectivity index (χ4n) is 1.53. The Morgan fingerprint density at radius 1 is 1.47 bits per heavy atom. The molecule has 2 amide bonds. The van der Waals surface area contributed by atoms with E-state index in [2.05, 4.69) is 25.8 Å². The normalized spacial score (nSPS) is 11.9. The predicted molar refractivity (Wildman–Crippen MR) is 73.1 cm³/mol. The van der Waals surface area contributed by atoms with E-state index in [1.165, 1.54) is 6.33 Å². The highest BCUT2D eigenvalue weighted by molar-refractivity contribution is 6.31. The monoisotopic (exact) mass is 279 g/mol. The summed E-state index contributed by atoms with van der Waals surface area (Å²) < 4.78 is 0. The summed E-state index contributed by atoms with van der Waals surface area (Å²) in [7, 11) is 0. The number of halogens is 1. The molecule has 0 radical (unpaired) electrons. The molecule has 1 aromatic carbocycles. The molecule has 0 bridgehead atoms. The van der Waals surface area contributed by atoms with E-state index >= 15 is 0 Å². The predicted octanol–water partition coefficient (Wildman–Crippen LogP) is 2.65. The molecule has 2 rings (SSSR count). The van der Waals surface area contributed by atoms with Gasteiger partial charge in [-0.15, -0.1) is 0 Å². The van der Waals surface area contributed by atoms with Crippen LogP contribution in [0.25, 0.3) is 0 Å². The summed E-state index contributed by atoms with van der Waals surface area (Å²) in [5.74, 6) is 0.595. The second kappa shape index (κ2) is 5.71. The van der Waals surface area contributed by atoms with Crippen molar-refractivity contribution in [2.24, 2.45) is 0 Å². The standard InChI is InChI=1S/C12H14ClN5O/c1-7-3-4-9(5-10(7)13)17-12(19)16-8(2)11-14-6-15-18-11/h3-6,8H,1-2H3,(H,14,15,18)(H2,16,17,19). The van der Waals surface area contributed by atoms with Crippen LogP contribution >= 0.6 is 11.6 Å². The summed E-state index contributed by atoms with van der Waals surface area (Å²) in [6.07, 6.45) is 1.39. The van der Waals surface area contributed by atoms with Gasteiger partial charge < -0.3 is 10.6 Å². The molecule has 0 fully saturated rings. The number of nitrogens with zero attached hydrogens (tertiary/aromatic N) is 2. The lowest BCUT2D eigenvalue weighted by atomic mass is 10.2. The highest BCUT2D eigenvalue weighted by Gasteiger charge is 2.11. The molecule has 1 unspecified atom stereocenters. The molecule has 1 heterocycles. The number of aromatic nitrogens is 3. The van der Waals surface area contributed by atoms with Crippen molar-refractivity contribution >= 4 is 23.3 Å². The minimum atomic E-state index is -0.330. The van der Waals surface area contributed by atoms with Gasteiger partial charge in [0, 0.05) is 10.7 Å². The first-order valence-corrected chi connectivity index (χ1v) is 6.13. The van der Waals surface area contributed by atoms with Crippen LogP contribution in [-0.2, 0) is 0 Å². The lowest BCUT2D eigenvalue weighted by Crippen LogP contribution is -2.31. The first-order chi connectivity index (χ1) is 9.06. The first-order valence-electron chi connectivity index (χ1n) is 5.75. The van der Waals surface area contributed by atoms with Crippen molar-refractivity contribution in [2.75, 3.05) is 5.32 Å². The zero-order chi connectivity index (χ0) is 13.8. The third-order valence-corrected chi connectivity index (χ3v) is 3.03. The molecule has 0 aliphatic heterocycles. The van der Waals surface area contributed by atoms with Gasteiger partial charge in [-0.3, -0.25) is 5.10 Å². The summed E-state index contributed by atoms with van der Waals surface area (Å²) in [5, 5.41) is 12.5. The fourth-order valence-corrected chi connectivity index (χ4v) is 1.71. The molecule has 0 aliphatic rings. The van der Waals surface area contributed by atoms with Gasteiger partial charge in [0.15, 0.2) is 0 Å². The molecule has 1 aromatic heterocycles. The molecular weight excluding hydrogens is 266 g/mol. The number of amides is 2. The van der Waals surface area contributed by atoms with Gasteiger partial charge in [0.05, 0.1) is 6.04 Å². The number of benzene rings is 1. The number of hydrogen-bond donors (Lipinski definition) is 3. The highest BCUT2D eigenvalue weighted by atomic mass is 35.5. The molecule has 0 saturated heterocycles. The lowest BCUT2D eigenvalue weighted by Gasteiger charge is -2.12. The summed E-state index contributed by atoms with van der Waals surface area (Å²) in [5.41, 5.74) is 1.60. The van der Waals surface area contributed by atoms with Crippen molar-refractivity contribution < 1.29 is 4.79 Å². The van der Waals surface area contributed by atoms with E-state index in [0.29, 0.717) is 16.5 Å². The van der Waals surface area contributed by atoms with E-state index in [-0.39, 0.29) is 12.1 Å². The summed E-state index contributed by atoms with van der Waals surface area (Å²) >= 11 is 5.99. The van der Waals surface area contributed by atoms with Crippen LogP contribution in [0.5, 0.6) is 0 Å². The van der Waals surface area contributed by atoms with Crippen molar-refractivity contribution in [2.45, 2.75) is 19.9 Å². The molecule has 6 nitrogen and oxygen atoms in total. The van der Waals surface area contributed by atoms with Crippen LogP contribution in [0.1, 0.15) is 24.4 Å². The summed E-state index contributed by atoms with van der Waals surface area (Å²) in [6, 6.07) is 4.75. The van der Waals surface area contributed by atoms with E-state index in [9.17, 15) is 4.79 Å². The molecule has 0 spiro atoms. The maximum atomic E-state index is 11.8. The average Bonchev–Trinajstić information content (AvgIpc) is 2.87. The molecule has 100 valence electrons. The number of H-pyrrole nitrogens is 1. The molecule has 7 heteroatoms.